The molecule has 0 saturated carbocycles. The lowest BCUT2D eigenvalue weighted by molar-refractivity contribution is 0.0686. The predicted molar refractivity (Wildman–Crippen MR) is 75.8 cm³/mol. The zero-order valence-electron chi connectivity index (χ0n) is 11.9. The monoisotopic (exact) mass is 291 g/mol. The lowest BCUT2D eigenvalue weighted by Crippen LogP contribution is -2.37. The van der Waals surface area contributed by atoms with Crippen LogP contribution in [0.2, 0.25) is 0 Å². The van der Waals surface area contributed by atoms with Crippen LogP contribution in [-0.4, -0.2) is 37.9 Å². The van der Waals surface area contributed by atoms with Crippen LogP contribution in [0.4, 0.5) is 4.39 Å². The van der Waals surface area contributed by atoms with Crippen molar-refractivity contribution in [3.63, 3.8) is 0 Å². The van der Waals surface area contributed by atoms with Gasteiger partial charge in [-0.15, -0.1) is 0 Å². The lowest BCUT2D eigenvalue weighted by Gasteiger charge is -2.33. The summed E-state index contributed by atoms with van der Waals surface area (Å²) in [4.78, 5) is 17.6. The van der Waals surface area contributed by atoms with Crippen molar-refractivity contribution in [2.24, 2.45) is 0 Å². The molecule has 0 aliphatic carbocycles. The quantitative estimate of drug-likeness (QED) is 0.944. The van der Waals surface area contributed by atoms with Crippen LogP contribution in [0.3, 0.4) is 0 Å². The van der Waals surface area contributed by atoms with Gasteiger partial charge in [0.1, 0.15) is 0 Å². The number of piperidine rings is 1. The number of pyridine rings is 1. The minimum absolute atomic E-state index is 0.0575. The summed E-state index contributed by atoms with van der Waals surface area (Å²) in [6.07, 6.45) is 5.08. The van der Waals surface area contributed by atoms with Crippen LogP contribution in [0.25, 0.3) is 5.65 Å². The maximum absolute atomic E-state index is 13.8. The van der Waals surface area contributed by atoms with E-state index in [9.17, 15) is 14.3 Å². The van der Waals surface area contributed by atoms with Gasteiger partial charge in [0.2, 0.25) is 0 Å². The minimum atomic E-state index is -1.11. The van der Waals surface area contributed by atoms with E-state index in [-0.39, 0.29) is 11.3 Å². The highest BCUT2D eigenvalue weighted by atomic mass is 19.1. The van der Waals surface area contributed by atoms with Crippen LogP contribution in [0.5, 0.6) is 0 Å². The van der Waals surface area contributed by atoms with Gasteiger partial charge in [-0.05, 0) is 38.4 Å². The van der Waals surface area contributed by atoms with Crippen molar-refractivity contribution < 1.29 is 14.3 Å². The number of carboxylic acid groups (broad SMARTS) is 1. The molecule has 2 aromatic heterocycles. The second kappa shape index (κ2) is 5.44. The van der Waals surface area contributed by atoms with Crippen molar-refractivity contribution >= 4 is 11.6 Å². The fourth-order valence-corrected chi connectivity index (χ4v) is 2.99. The van der Waals surface area contributed by atoms with Crippen molar-refractivity contribution in [1.29, 1.82) is 0 Å². The Morgan fingerprint density at radius 3 is 3.05 bits per heavy atom. The number of halogens is 1. The maximum atomic E-state index is 13.8. The van der Waals surface area contributed by atoms with Crippen LogP contribution >= 0.6 is 0 Å². The highest BCUT2D eigenvalue weighted by molar-refractivity contribution is 5.88. The molecule has 5 nitrogen and oxygen atoms in total. The molecule has 21 heavy (non-hydrogen) atoms. The zero-order valence-corrected chi connectivity index (χ0v) is 11.9. The molecule has 1 unspecified atom stereocenters. The van der Waals surface area contributed by atoms with E-state index in [1.165, 1.54) is 12.5 Å². The first-order valence-corrected chi connectivity index (χ1v) is 7.20. The summed E-state index contributed by atoms with van der Waals surface area (Å²) in [5.74, 6) is -1.62. The Hall–Kier alpha value is -1.95. The summed E-state index contributed by atoms with van der Waals surface area (Å²) in [5, 5.41) is 9.34. The van der Waals surface area contributed by atoms with Crippen molar-refractivity contribution in [3.8, 4) is 0 Å². The van der Waals surface area contributed by atoms with Gasteiger partial charge in [0.25, 0.3) is 0 Å². The van der Waals surface area contributed by atoms with Gasteiger partial charge in [-0.25, -0.2) is 14.2 Å². The van der Waals surface area contributed by atoms with Crippen molar-refractivity contribution in [2.45, 2.75) is 38.8 Å². The fourth-order valence-electron chi connectivity index (χ4n) is 2.99. The number of nitrogens with zero attached hydrogens (tertiary/aromatic N) is 3. The Balaban J connectivity index is 2.05. The number of fused-ring (bicyclic) bond motifs is 1. The highest BCUT2D eigenvalue weighted by Gasteiger charge is 2.25. The third kappa shape index (κ3) is 2.51. The molecule has 3 rings (SSSR count). The topological polar surface area (TPSA) is 57.8 Å². The van der Waals surface area contributed by atoms with E-state index in [4.69, 9.17) is 0 Å². The SMILES string of the molecule is CC1CCCCN1Cc1c(C(=O)O)nc2c(F)cccn12. The van der Waals surface area contributed by atoms with Gasteiger partial charge >= 0.3 is 5.97 Å². The number of hydrogen-bond acceptors (Lipinski definition) is 3. The third-order valence-corrected chi connectivity index (χ3v) is 4.20. The molecule has 1 N–H and O–H groups in total. The van der Waals surface area contributed by atoms with Gasteiger partial charge < -0.3 is 5.11 Å². The zero-order chi connectivity index (χ0) is 15.0. The van der Waals surface area contributed by atoms with Crippen LogP contribution in [0.15, 0.2) is 18.3 Å². The third-order valence-electron chi connectivity index (χ3n) is 4.20. The Labute approximate surface area is 122 Å². The predicted octanol–water partition coefficient (Wildman–Crippen LogP) is 2.55. The number of aromatic carboxylic acids is 1. The average molecular weight is 291 g/mol. The Kier molecular flexibility index (Phi) is 3.63. The molecule has 3 heterocycles. The largest absolute Gasteiger partial charge is 0.476 e. The molecule has 112 valence electrons. The van der Waals surface area contributed by atoms with Crippen LogP contribution in [0, 0.1) is 5.82 Å². The van der Waals surface area contributed by atoms with Crippen LogP contribution < -0.4 is 0 Å². The second-order valence-electron chi connectivity index (χ2n) is 5.58. The lowest BCUT2D eigenvalue weighted by atomic mass is 10.0. The summed E-state index contributed by atoms with van der Waals surface area (Å²) in [6.45, 7) is 3.56. The van der Waals surface area contributed by atoms with Gasteiger partial charge in [-0.3, -0.25) is 9.30 Å². The minimum Gasteiger partial charge on any atom is -0.476 e. The van der Waals surface area contributed by atoms with Crippen molar-refractivity contribution in [2.75, 3.05) is 6.54 Å². The normalized spacial score (nSPS) is 20.0. The molecule has 1 saturated heterocycles. The molecule has 1 fully saturated rings. The fraction of sp³-hybridized carbons (Fsp3) is 0.467. The Morgan fingerprint density at radius 1 is 1.52 bits per heavy atom. The van der Waals surface area contributed by atoms with E-state index >= 15 is 0 Å². The first-order chi connectivity index (χ1) is 10.1. The summed E-state index contributed by atoms with van der Waals surface area (Å²) in [7, 11) is 0. The molecule has 0 spiro atoms. The number of rotatable bonds is 3. The first-order valence-electron chi connectivity index (χ1n) is 7.20. The van der Waals surface area contributed by atoms with Gasteiger partial charge in [0, 0.05) is 18.8 Å². The molecular formula is C15H18FN3O2. The molecular weight excluding hydrogens is 273 g/mol. The molecule has 1 atom stereocenters. The van der Waals surface area contributed by atoms with E-state index < -0.39 is 11.8 Å². The Bertz CT molecular complexity index is 683. The smallest absolute Gasteiger partial charge is 0.356 e. The molecule has 1 aliphatic rings. The molecule has 0 amide bonds. The van der Waals surface area contributed by atoms with E-state index in [2.05, 4.69) is 16.8 Å². The number of carboxylic acids is 1. The highest BCUT2D eigenvalue weighted by Crippen LogP contribution is 2.22. The molecule has 0 radical (unpaired) electrons. The van der Waals surface area contributed by atoms with Crippen molar-refractivity contribution in [1.82, 2.24) is 14.3 Å². The van der Waals surface area contributed by atoms with E-state index in [0.29, 0.717) is 18.3 Å². The average Bonchev–Trinajstić information content (AvgIpc) is 2.82. The van der Waals surface area contributed by atoms with E-state index in [1.54, 1.807) is 16.7 Å². The number of hydrogen-bond donors (Lipinski definition) is 1. The summed E-state index contributed by atoms with van der Waals surface area (Å²) < 4.78 is 15.4. The number of carbonyl (C=O) groups is 1. The van der Waals surface area contributed by atoms with Gasteiger partial charge in [-0.1, -0.05) is 6.42 Å². The van der Waals surface area contributed by atoms with E-state index in [0.717, 1.165) is 19.4 Å². The summed E-state index contributed by atoms with van der Waals surface area (Å²) in [5.41, 5.74) is 0.568. The Morgan fingerprint density at radius 2 is 2.33 bits per heavy atom. The van der Waals surface area contributed by atoms with Crippen LogP contribution in [-0.2, 0) is 6.54 Å². The van der Waals surface area contributed by atoms with Crippen LogP contribution in [0.1, 0.15) is 42.4 Å². The van der Waals surface area contributed by atoms with Gasteiger partial charge in [0.15, 0.2) is 17.2 Å². The van der Waals surface area contributed by atoms with Crippen molar-refractivity contribution in [3.05, 3.63) is 35.5 Å². The van der Waals surface area contributed by atoms with E-state index in [1.807, 2.05) is 0 Å². The summed E-state index contributed by atoms with van der Waals surface area (Å²) in [6, 6.07) is 3.26. The molecule has 1 aliphatic heterocycles. The van der Waals surface area contributed by atoms with Gasteiger partial charge in [-0.2, -0.15) is 0 Å². The second-order valence-corrected chi connectivity index (χ2v) is 5.58. The number of aromatic nitrogens is 2. The number of likely N-dealkylation sites (tertiary alicyclic amines) is 1. The van der Waals surface area contributed by atoms with Gasteiger partial charge in [0.05, 0.1) is 5.69 Å². The first kappa shape index (κ1) is 14.0. The number of imidazole rings is 1. The molecule has 6 heteroatoms. The molecule has 0 bridgehead atoms. The maximum Gasteiger partial charge on any atom is 0.356 e. The standard InChI is InChI=1S/C15H18FN3O2/c1-10-5-2-3-7-18(10)9-12-13(15(20)21)17-14-11(16)6-4-8-19(12)14/h4,6,8,10H,2-3,5,7,9H2,1H3,(H,20,21). The molecule has 2 aromatic rings. The molecule has 0 aromatic carbocycles. The summed E-state index contributed by atoms with van der Waals surface area (Å²) >= 11 is 0.